The number of hydrogen-bond donors (Lipinski definition) is 2. The molecule has 1 aromatic carbocycles. The number of rotatable bonds is 2. The molecular formula is C15H21BrClN3O2. The number of nitrogens with two attached hydrogens (primary N) is 1. The van der Waals surface area contributed by atoms with E-state index in [2.05, 4.69) is 21.2 Å². The number of piperidine rings is 1. The van der Waals surface area contributed by atoms with Crippen molar-refractivity contribution in [1.29, 1.82) is 0 Å². The van der Waals surface area contributed by atoms with E-state index in [9.17, 15) is 9.59 Å². The zero-order valence-electron chi connectivity index (χ0n) is 12.7. The minimum Gasteiger partial charge on any atom is -0.397 e. The fourth-order valence-electron chi connectivity index (χ4n) is 2.57. The van der Waals surface area contributed by atoms with E-state index in [1.54, 1.807) is 11.0 Å². The van der Waals surface area contributed by atoms with E-state index < -0.39 is 0 Å². The first-order valence-electron chi connectivity index (χ1n) is 7.00. The van der Waals surface area contributed by atoms with E-state index in [0.29, 0.717) is 17.9 Å². The molecule has 0 aliphatic carbocycles. The smallest absolute Gasteiger partial charge is 0.229 e. The van der Waals surface area contributed by atoms with Crippen molar-refractivity contribution in [2.24, 2.45) is 5.92 Å². The molecule has 3 N–H and O–H groups in total. The summed E-state index contributed by atoms with van der Waals surface area (Å²) in [5.41, 5.74) is 8.11. The van der Waals surface area contributed by atoms with Gasteiger partial charge in [-0.2, -0.15) is 0 Å². The number of carbonyl (C=O) groups excluding carboxylic acids is 2. The Balaban J connectivity index is 0.00000242. The van der Waals surface area contributed by atoms with Gasteiger partial charge in [0.05, 0.1) is 17.3 Å². The van der Waals surface area contributed by atoms with Crippen molar-refractivity contribution >= 4 is 51.5 Å². The number of amides is 2. The zero-order chi connectivity index (χ0) is 15.6. The Morgan fingerprint density at radius 2 is 2.09 bits per heavy atom. The largest absolute Gasteiger partial charge is 0.397 e. The van der Waals surface area contributed by atoms with Crippen molar-refractivity contribution in [2.75, 3.05) is 24.1 Å². The van der Waals surface area contributed by atoms with Crippen LogP contribution in [0.5, 0.6) is 0 Å². The van der Waals surface area contributed by atoms with E-state index in [1.165, 1.54) is 6.92 Å². The molecule has 1 heterocycles. The Kier molecular flexibility index (Phi) is 6.68. The fourth-order valence-corrected chi connectivity index (χ4v) is 3.14. The Hall–Kier alpha value is -1.27. The summed E-state index contributed by atoms with van der Waals surface area (Å²) in [7, 11) is 0. The maximum atomic E-state index is 12.4. The first-order valence-corrected chi connectivity index (χ1v) is 7.79. The first-order chi connectivity index (χ1) is 9.88. The molecule has 1 atom stereocenters. The molecule has 1 aliphatic heterocycles. The number of nitrogen functional groups attached to an aromatic ring is 1. The minimum absolute atomic E-state index is 0. The second-order valence-corrected chi connectivity index (χ2v) is 6.39. The highest BCUT2D eigenvalue weighted by molar-refractivity contribution is 9.10. The standard InChI is InChI=1S/C15H20BrN3O2.ClH/c1-9-6-12(16)7-13(14(9)17)18-15(21)11-4-3-5-19(8-11)10(2)20;/h6-7,11H,3-5,8,17H2,1-2H3,(H,18,21);1H. The van der Waals surface area contributed by atoms with Gasteiger partial charge in [0, 0.05) is 24.5 Å². The summed E-state index contributed by atoms with van der Waals surface area (Å²) in [6, 6.07) is 3.70. The summed E-state index contributed by atoms with van der Waals surface area (Å²) in [6.45, 7) is 4.65. The molecule has 5 nitrogen and oxygen atoms in total. The molecular weight excluding hydrogens is 370 g/mol. The van der Waals surface area contributed by atoms with E-state index in [1.807, 2.05) is 13.0 Å². The van der Waals surface area contributed by atoms with Gasteiger partial charge in [-0.1, -0.05) is 15.9 Å². The second kappa shape index (κ2) is 7.83. The van der Waals surface area contributed by atoms with Gasteiger partial charge in [-0.05, 0) is 37.5 Å². The maximum absolute atomic E-state index is 12.4. The third-order valence-corrected chi connectivity index (χ3v) is 4.30. The van der Waals surface area contributed by atoms with Gasteiger partial charge < -0.3 is 16.0 Å². The van der Waals surface area contributed by atoms with E-state index in [4.69, 9.17) is 5.73 Å². The van der Waals surface area contributed by atoms with Crippen LogP contribution < -0.4 is 11.1 Å². The lowest BCUT2D eigenvalue weighted by Crippen LogP contribution is -2.42. The molecule has 0 aromatic heterocycles. The molecule has 2 amide bonds. The van der Waals surface area contributed by atoms with Gasteiger partial charge in [0.1, 0.15) is 0 Å². The van der Waals surface area contributed by atoms with Crippen molar-refractivity contribution in [3.63, 3.8) is 0 Å². The van der Waals surface area contributed by atoms with Gasteiger partial charge in [0.25, 0.3) is 0 Å². The third kappa shape index (κ3) is 4.36. The molecule has 0 radical (unpaired) electrons. The first kappa shape index (κ1) is 18.8. The van der Waals surface area contributed by atoms with Crippen LogP contribution in [0.3, 0.4) is 0 Å². The molecule has 1 aromatic rings. The molecule has 2 rings (SSSR count). The highest BCUT2D eigenvalue weighted by atomic mass is 79.9. The van der Waals surface area contributed by atoms with Crippen LogP contribution in [-0.2, 0) is 9.59 Å². The van der Waals surface area contributed by atoms with E-state index >= 15 is 0 Å². The molecule has 1 aliphatic rings. The van der Waals surface area contributed by atoms with Gasteiger partial charge in [-0.25, -0.2) is 0 Å². The molecule has 7 heteroatoms. The predicted octanol–water partition coefficient (Wildman–Crippen LogP) is 2.96. The molecule has 1 fully saturated rings. The topological polar surface area (TPSA) is 75.4 Å². The number of anilines is 2. The summed E-state index contributed by atoms with van der Waals surface area (Å²) in [6.07, 6.45) is 1.65. The minimum atomic E-state index is -0.179. The molecule has 0 saturated carbocycles. The van der Waals surface area contributed by atoms with Crippen molar-refractivity contribution < 1.29 is 9.59 Å². The van der Waals surface area contributed by atoms with Gasteiger partial charge in [0.15, 0.2) is 0 Å². The molecule has 22 heavy (non-hydrogen) atoms. The van der Waals surface area contributed by atoms with E-state index in [-0.39, 0.29) is 30.1 Å². The maximum Gasteiger partial charge on any atom is 0.229 e. The van der Waals surface area contributed by atoms with Crippen LogP contribution in [0.1, 0.15) is 25.3 Å². The van der Waals surface area contributed by atoms with Gasteiger partial charge in [0.2, 0.25) is 11.8 Å². The summed E-state index contributed by atoms with van der Waals surface area (Å²) in [4.78, 5) is 25.6. The third-order valence-electron chi connectivity index (χ3n) is 3.85. The van der Waals surface area contributed by atoms with Crippen molar-refractivity contribution in [1.82, 2.24) is 4.90 Å². The lowest BCUT2D eigenvalue weighted by Gasteiger charge is -2.31. The number of carbonyl (C=O) groups is 2. The average Bonchev–Trinajstić information content (AvgIpc) is 2.44. The van der Waals surface area contributed by atoms with Crippen LogP contribution in [0.15, 0.2) is 16.6 Å². The van der Waals surface area contributed by atoms with Crippen LogP contribution in [0, 0.1) is 12.8 Å². The van der Waals surface area contributed by atoms with Crippen molar-refractivity contribution in [3.8, 4) is 0 Å². The van der Waals surface area contributed by atoms with Gasteiger partial charge in [-0.15, -0.1) is 12.4 Å². The lowest BCUT2D eigenvalue weighted by molar-refractivity contribution is -0.132. The van der Waals surface area contributed by atoms with E-state index in [0.717, 1.165) is 29.4 Å². The number of hydrogen-bond acceptors (Lipinski definition) is 3. The quantitative estimate of drug-likeness (QED) is 0.762. The van der Waals surface area contributed by atoms with Crippen LogP contribution >= 0.6 is 28.3 Å². The zero-order valence-corrected chi connectivity index (χ0v) is 15.1. The Morgan fingerprint density at radius 1 is 1.41 bits per heavy atom. The SMILES string of the molecule is CC(=O)N1CCCC(C(=O)Nc2cc(Br)cc(C)c2N)C1.Cl. The number of nitrogens with one attached hydrogen (secondary N) is 1. The van der Waals surface area contributed by atoms with Crippen LogP contribution in [-0.4, -0.2) is 29.8 Å². The predicted molar refractivity (Wildman–Crippen MR) is 94.1 cm³/mol. The number of likely N-dealkylation sites (tertiary alicyclic amines) is 1. The van der Waals surface area contributed by atoms with Crippen LogP contribution in [0.2, 0.25) is 0 Å². The van der Waals surface area contributed by atoms with Crippen LogP contribution in [0.4, 0.5) is 11.4 Å². The Labute approximate surface area is 145 Å². The summed E-state index contributed by atoms with van der Waals surface area (Å²) < 4.78 is 0.874. The van der Waals surface area contributed by atoms with Crippen molar-refractivity contribution in [2.45, 2.75) is 26.7 Å². The van der Waals surface area contributed by atoms with Gasteiger partial charge >= 0.3 is 0 Å². The highest BCUT2D eigenvalue weighted by Gasteiger charge is 2.27. The number of aryl methyl sites for hydroxylation is 1. The molecule has 1 unspecified atom stereocenters. The number of halogens is 2. The van der Waals surface area contributed by atoms with Crippen LogP contribution in [0.25, 0.3) is 0 Å². The average molecular weight is 391 g/mol. The molecule has 0 spiro atoms. The monoisotopic (exact) mass is 389 g/mol. The molecule has 1 saturated heterocycles. The second-order valence-electron chi connectivity index (χ2n) is 5.48. The molecule has 122 valence electrons. The number of nitrogens with zero attached hydrogens (tertiary/aromatic N) is 1. The Morgan fingerprint density at radius 3 is 2.73 bits per heavy atom. The lowest BCUT2D eigenvalue weighted by atomic mass is 9.97. The molecule has 0 bridgehead atoms. The summed E-state index contributed by atoms with van der Waals surface area (Å²) >= 11 is 3.40. The summed E-state index contributed by atoms with van der Waals surface area (Å²) in [5, 5.41) is 2.89. The summed E-state index contributed by atoms with van der Waals surface area (Å²) in [5.74, 6) is -0.239. The van der Waals surface area contributed by atoms with Crippen molar-refractivity contribution in [3.05, 3.63) is 22.2 Å². The Bertz CT molecular complexity index is 580. The normalized spacial score (nSPS) is 17.6. The highest BCUT2D eigenvalue weighted by Crippen LogP contribution is 2.28. The van der Waals surface area contributed by atoms with Gasteiger partial charge in [-0.3, -0.25) is 9.59 Å². The fraction of sp³-hybridized carbons (Fsp3) is 0.467. The number of benzene rings is 1.